The third-order valence-corrected chi connectivity index (χ3v) is 9.12. The zero-order valence-electron chi connectivity index (χ0n) is 24.4. The quantitative estimate of drug-likeness (QED) is 0.202. The van der Waals surface area contributed by atoms with E-state index >= 15 is 0 Å². The molecule has 0 aliphatic carbocycles. The van der Waals surface area contributed by atoms with Gasteiger partial charge < -0.3 is 20.1 Å². The Morgan fingerprint density at radius 3 is 2.50 bits per heavy atom. The van der Waals surface area contributed by atoms with Gasteiger partial charge in [0.2, 0.25) is 15.9 Å². The number of rotatable bonds is 11. The number of benzene rings is 1. The van der Waals surface area contributed by atoms with Gasteiger partial charge in [0.25, 0.3) is 5.91 Å². The number of nitrogens with one attached hydrogen (secondary N) is 1. The summed E-state index contributed by atoms with van der Waals surface area (Å²) in [5.41, 5.74) is 9.58. The van der Waals surface area contributed by atoms with Crippen molar-refractivity contribution in [1.82, 2.24) is 19.5 Å². The van der Waals surface area contributed by atoms with Gasteiger partial charge in [-0.3, -0.25) is 24.5 Å². The first-order valence-corrected chi connectivity index (χ1v) is 15.7. The Labute approximate surface area is 246 Å². The molecule has 0 bridgehead atoms. The van der Waals surface area contributed by atoms with Crippen molar-refractivity contribution in [1.29, 1.82) is 0 Å². The molecule has 3 aliphatic heterocycles. The van der Waals surface area contributed by atoms with Crippen LogP contribution in [-0.4, -0.2) is 123 Å². The molecule has 1 unspecified atom stereocenters. The molecule has 0 aromatic heterocycles. The SMILES string of the molecule is CCCC1N=C(C)C(C(=O)NN=C(N)c2cc(S(=O)(=O)N3CCN(CC(=O)N4CCOCC4)CC3)ccc2OCC)=N1. The van der Waals surface area contributed by atoms with E-state index in [9.17, 15) is 18.0 Å². The van der Waals surface area contributed by atoms with Crippen molar-refractivity contribution in [2.24, 2.45) is 20.8 Å². The molecule has 0 radical (unpaired) electrons. The van der Waals surface area contributed by atoms with E-state index < -0.39 is 15.9 Å². The van der Waals surface area contributed by atoms with E-state index in [1.54, 1.807) is 18.7 Å². The number of nitrogens with two attached hydrogens (primary N) is 1. The minimum absolute atomic E-state index is 0.0221. The molecule has 4 rings (SSSR count). The van der Waals surface area contributed by atoms with Crippen LogP contribution in [0.3, 0.4) is 0 Å². The minimum Gasteiger partial charge on any atom is -0.493 e. The lowest BCUT2D eigenvalue weighted by Gasteiger charge is -2.35. The highest BCUT2D eigenvalue weighted by Crippen LogP contribution is 2.26. The number of nitrogens with zero attached hydrogens (tertiary/aromatic N) is 6. The standard InChI is InChI=1S/C27H40N8O6S/c1-4-6-23-29-19(3)25(30-23)27(37)32-31-26(28)21-17-20(7-8-22(21)41-5-2)42(38,39)35-11-9-33(10-12-35)18-24(36)34-13-15-40-16-14-34/h7-8,17,23H,4-6,9-16,18H2,1-3H3,(H2,28,31)(H,32,37). The predicted molar refractivity (Wildman–Crippen MR) is 158 cm³/mol. The molecule has 3 N–H and O–H groups in total. The van der Waals surface area contributed by atoms with Gasteiger partial charge in [-0.25, -0.2) is 13.8 Å². The van der Waals surface area contributed by atoms with Crippen LogP contribution in [-0.2, 0) is 24.3 Å². The van der Waals surface area contributed by atoms with Gasteiger partial charge in [0.15, 0.2) is 5.84 Å². The Morgan fingerprint density at radius 1 is 1.12 bits per heavy atom. The number of carbonyl (C=O) groups is 2. The van der Waals surface area contributed by atoms with Crippen LogP contribution < -0.4 is 15.9 Å². The number of ether oxygens (including phenoxy) is 2. The van der Waals surface area contributed by atoms with Crippen molar-refractivity contribution >= 4 is 39.1 Å². The molecule has 2 saturated heterocycles. The Hall–Kier alpha value is -3.40. The van der Waals surface area contributed by atoms with E-state index in [0.29, 0.717) is 57.5 Å². The molecule has 3 heterocycles. The van der Waals surface area contributed by atoms with Crippen molar-refractivity contribution in [2.75, 3.05) is 65.6 Å². The van der Waals surface area contributed by atoms with Crippen LogP contribution in [0.4, 0.5) is 0 Å². The smallest absolute Gasteiger partial charge is 0.291 e. The number of carbonyl (C=O) groups excluding carboxylic acids is 2. The Balaban J connectivity index is 1.44. The summed E-state index contributed by atoms with van der Waals surface area (Å²) in [4.78, 5) is 37.8. The number of amidine groups is 1. The van der Waals surface area contributed by atoms with Crippen molar-refractivity contribution in [2.45, 2.75) is 44.7 Å². The van der Waals surface area contributed by atoms with Crippen LogP contribution >= 0.6 is 0 Å². The van der Waals surface area contributed by atoms with Crippen LogP contribution in [0.1, 0.15) is 39.2 Å². The van der Waals surface area contributed by atoms with Gasteiger partial charge in [-0.2, -0.15) is 9.41 Å². The fourth-order valence-corrected chi connectivity index (χ4v) is 6.37. The van der Waals surface area contributed by atoms with E-state index in [2.05, 4.69) is 20.5 Å². The van der Waals surface area contributed by atoms with Crippen molar-refractivity contribution in [3.8, 4) is 5.75 Å². The van der Waals surface area contributed by atoms with Gasteiger partial charge >= 0.3 is 0 Å². The number of sulfonamides is 1. The third-order valence-electron chi connectivity index (χ3n) is 7.22. The van der Waals surface area contributed by atoms with Crippen LogP contribution in [0.15, 0.2) is 38.2 Å². The second-order valence-electron chi connectivity index (χ2n) is 10.2. The lowest BCUT2D eigenvalue weighted by Crippen LogP contribution is -2.52. The van der Waals surface area contributed by atoms with Gasteiger partial charge in [0.05, 0.1) is 42.5 Å². The Bertz CT molecular complexity index is 1350. The molecule has 2 fully saturated rings. The lowest BCUT2D eigenvalue weighted by molar-refractivity contribution is -0.136. The van der Waals surface area contributed by atoms with Crippen molar-refractivity contribution < 1.29 is 27.5 Å². The summed E-state index contributed by atoms with van der Waals surface area (Å²) in [6.45, 7) is 9.64. The molecule has 42 heavy (non-hydrogen) atoms. The molecule has 230 valence electrons. The van der Waals surface area contributed by atoms with Gasteiger partial charge in [-0.15, -0.1) is 0 Å². The molecule has 3 aliphatic rings. The molecule has 0 spiro atoms. The average Bonchev–Trinajstić information content (AvgIpc) is 3.36. The van der Waals surface area contributed by atoms with E-state index in [1.165, 1.54) is 22.5 Å². The Kier molecular flexibility index (Phi) is 10.6. The largest absolute Gasteiger partial charge is 0.493 e. The zero-order valence-corrected chi connectivity index (χ0v) is 25.2. The molecule has 1 aromatic carbocycles. The van der Waals surface area contributed by atoms with Crippen LogP contribution in [0.2, 0.25) is 0 Å². The molecule has 1 aromatic rings. The normalized spacial score (nSPS) is 20.7. The number of aliphatic imine (C=N–C) groups is 2. The fraction of sp³-hybridized carbons (Fsp3) is 0.593. The first kappa shape index (κ1) is 31.5. The van der Waals surface area contributed by atoms with Crippen LogP contribution in [0.25, 0.3) is 0 Å². The minimum atomic E-state index is -3.88. The summed E-state index contributed by atoms with van der Waals surface area (Å²) < 4.78 is 39.5. The van der Waals surface area contributed by atoms with Gasteiger partial charge in [0.1, 0.15) is 17.6 Å². The number of hydrogen-bond donors (Lipinski definition) is 2. The number of hydrogen-bond acceptors (Lipinski definition) is 10. The molecule has 0 saturated carbocycles. The van der Waals surface area contributed by atoms with Crippen LogP contribution in [0.5, 0.6) is 5.75 Å². The molecular weight excluding hydrogens is 564 g/mol. The van der Waals surface area contributed by atoms with E-state index in [1.807, 2.05) is 11.8 Å². The maximum absolute atomic E-state index is 13.6. The number of amides is 2. The summed E-state index contributed by atoms with van der Waals surface area (Å²) in [6.07, 6.45) is 1.34. The van der Waals surface area contributed by atoms with Crippen molar-refractivity contribution in [3.63, 3.8) is 0 Å². The van der Waals surface area contributed by atoms with Gasteiger partial charge in [-0.05, 0) is 38.5 Å². The highest BCUT2D eigenvalue weighted by Gasteiger charge is 2.31. The van der Waals surface area contributed by atoms with Crippen LogP contribution in [0, 0.1) is 0 Å². The maximum Gasteiger partial charge on any atom is 0.291 e. The summed E-state index contributed by atoms with van der Waals surface area (Å²) in [7, 11) is -3.88. The average molecular weight is 605 g/mol. The lowest BCUT2D eigenvalue weighted by atomic mass is 10.2. The molecule has 2 amide bonds. The van der Waals surface area contributed by atoms with E-state index in [0.717, 1.165) is 12.8 Å². The number of morpholine rings is 1. The molecule has 1 atom stereocenters. The van der Waals surface area contributed by atoms with Crippen molar-refractivity contribution in [3.05, 3.63) is 23.8 Å². The summed E-state index contributed by atoms with van der Waals surface area (Å²) in [5.74, 6) is -0.314. The number of piperazine rings is 1. The zero-order chi connectivity index (χ0) is 30.3. The van der Waals surface area contributed by atoms with E-state index in [-0.39, 0.29) is 53.7 Å². The summed E-state index contributed by atoms with van der Waals surface area (Å²) >= 11 is 0. The fourth-order valence-electron chi connectivity index (χ4n) is 4.92. The Morgan fingerprint density at radius 2 is 1.83 bits per heavy atom. The third kappa shape index (κ3) is 7.51. The first-order valence-electron chi connectivity index (χ1n) is 14.2. The molecular formula is C27H40N8O6S. The van der Waals surface area contributed by atoms with Gasteiger partial charge in [-0.1, -0.05) is 13.3 Å². The second-order valence-corrected chi connectivity index (χ2v) is 12.1. The highest BCUT2D eigenvalue weighted by molar-refractivity contribution is 7.89. The number of hydrazone groups is 1. The topological polar surface area (TPSA) is 172 Å². The highest BCUT2D eigenvalue weighted by atomic mass is 32.2. The maximum atomic E-state index is 13.6. The second kappa shape index (κ2) is 14.2. The summed E-state index contributed by atoms with van der Waals surface area (Å²) in [6, 6.07) is 4.39. The molecule has 15 heteroatoms. The predicted octanol–water partition coefficient (Wildman–Crippen LogP) is 0.0286. The van der Waals surface area contributed by atoms with E-state index in [4.69, 9.17) is 15.2 Å². The van der Waals surface area contributed by atoms with Gasteiger partial charge in [0, 0.05) is 39.3 Å². The summed E-state index contributed by atoms with van der Waals surface area (Å²) in [5, 5.41) is 4.02. The molecule has 14 nitrogen and oxygen atoms in total. The monoisotopic (exact) mass is 604 g/mol. The first-order chi connectivity index (χ1) is 20.1.